The highest BCUT2D eigenvalue weighted by atomic mass is 16.5. The maximum Gasteiger partial charge on any atom is 0.328 e. The molecule has 0 unspecified atom stereocenters. The molecule has 0 heterocycles. The Morgan fingerprint density at radius 2 is 1.66 bits per heavy atom. The van der Waals surface area contributed by atoms with Crippen LogP contribution in [0.3, 0.4) is 0 Å². The summed E-state index contributed by atoms with van der Waals surface area (Å²) in [6, 6.07) is 14.6. The molecule has 4 rings (SSSR count). The Hall–Kier alpha value is -5.06. The maximum atomic E-state index is 13.5. The van der Waals surface area contributed by atoms with Crippen molar-refractivity contribution in [1.82, 2.24) is 10.6 Å². The second-order valence-corrected chi connectivity index (χ2v) is 10.3. The first-order valence-corrected chi connectivity index (χ1v) is 14.1. The average Bonchev–Trinajstić information content (AvgIpc) is 3.26. The number of methoxy groups -OCH3 is 4. The molecule has 0 spiro atoms. The summed E-state index contributed by atoms with van der Waals surface area (Å²) in [5, 5.41) is 8.56. The quantitative estimate of drug-likeness (QED) is 0.282. The summed E-state index contributed by atoms with van der Waals surface area (Å²) in [6.45, 7) is 1.16. The van der Waals surface area contributed by atoms with E-state index in [1.54, 1.807) is 19.2 Å². The van der Waals surface area contributed by atoms with Crippen LogP contribution in [0.25, 0.3) is 11.1 Å². The molecule has 1 aliphatic carbocycles. The van der Waals surface area contributed by atoms with Gasteiger partial charge in [0.15, 0.2) is 11.5 Å². The lowest BCUT2D eigenvalue weighted by molar-refractivity contribution is -0.144. The van der Waals surface area contributed by atoms with E-state index in [4.69, 9.17) is 18.9 Å². The molecule has 11 nitrogen and oxygen atoms in total. The Labute approximate surface area is 255 Å². The van der Waals surface area contributed by atoms with Gasteiger partial charge in [-0.15, -0.1) is 0 Å². The van der Waals surface area contributed by atoms with E-state index < -0.39 is 24.0 Å². The molecule has 232 valence electrons. The standard InChI is InChI=1S/C33H37N3O8/c1-19(37)35-24-13-11-21-16-28(41-2)31(42-3)32(43-4)30(21)22-12-14-25(27(38)17-23(22)24)34-18-29(39)36-26(33(40)44-5)15-20-9-7-6-8-10-20/h6-10,12,14,16-17,24,26H,11,13,15,18H2,1-5H3,(H,34,38)(H,35,37)(H,36,39)/t24-,26-/m0/s1. The second kappa shape index (κ2) is 14.4. The van der Waals surface area contributed by atoms with Crippen molar-refractivity contribution in [3.8, 4) is 28.4 Å². The summed E-state index contributed by atoms with van der Waals surface area (Å²) >= 11 is 0. The second-order valence-electron chi connectivity index (χ2n) is 10.3. The van der Waals surface area contributed by atoms with E-state index in [1.165, 1.54) is 34.3 Å². The number of rotatable bonds is 11. The monoisotopic (exact) mass is 603 g/mol. The number of benzene rings is 2. The average molecular weight is 604 g/mol. The zero-order valence-electron chi connectivity index (χ0n) is 25.4. The third kappa shape index (κ3) is 7.11. The highest BCUT2D eigenvalue weighted by Crippen LogP contribution is 2.50. The SMILES string of the molecule is COC(=O)[C@H](Cc1ccccc1)NC(=O)CNc1ccc2c(cc1=O)[C@@H](NC(C)=O)CCc1cc(OC)c(OC)c(OC)c1-2. The van der Waals surface area contributed by atoms with Gasteiger partial charge < -0.3 is 34.9 Å². The van der Waals surface area contributed by atoms with Gasteiger partial charge in [-0.25, -0.2) is 4.79 Å². The Morgan fingerprint density at radius 3 is 2.30 bits per heavy atom. The Bertz CT molecular complexity index is 1590. The number of carbonyl (C=O) groups excluding carboxylic acids is 3. The van der Waals surface area contributed by atoms with E-state index in [-0.39, 0.29) is 30.0 Å². The highest BCUT2D eigenvalue weighted by Gasteiger charge is 2.29. The van der Waals surface area contributed by atoms with Crippen LogP contribution in [0.1, 0.15) is 36.1 Å². The van der Waals surface area contributed by atoms with Crippen molar-refractivity contribution < 1.29 is 33.3 Å². The van der Waals surface area contributed by atoms with Crippen molar-refractivity contribution in [2.75, 3.05) is 40.3 Å². The van der Waals surface area contributed by atoms with Gasteiger partial charge in [-0.05, 0) is 53.3 Å². The molecule has 2 atom stereocenters. The van der Waals surface area contributed by atoms with Crippen molar-refractivity contribution >= 4 is 23.5 Å². The molecule has 1 aliphatic rings. The molecule has 3 aromatic rings. The van der Waals surface area contributed by atoms with E-state index in [0.717, 1.165) is 11.1 Å². The fourth-order valence-electron chi connectivity index (χ4n) is 5.46. The normalized spacial score (nSPS) is 14.1. The van der Waals surface area contributed by atoms with Crippen LogP contribution in [0.15, 0.2) is 59.4 Å². The van der Waals surface area contributed by atoms with Crippen molar-refractivity contribution in [2.24, 2.45) is 0 Å². The molecule has 11 heteroatoms. The number of amides is 2. The zero-order valence-corrected chi connectivity index (χ0v) is 25.4. The van der Waals surface area contributed by atoms with E-state index in [2.05, 4.69) is 16.0 Å². The first-order valence-electron chi connectivity index (χ1n) is 14.1. The topological polar surface area (TPSA) is 141 Å². The van der Waals surface area contributed by atoms with Crippen LogP contribution in [-0.2, 0) is 32.0 Å². The number of hydrogen-bond donors (Lipinski definition) is 3. The molecule has 3 N–H and O–H groups in total. The fraction of sp³-hybridized carbons (Fsp3) is 0.333. The van der Waals surface area contributed by atoms with Crippen LogP contribution >= 0.6 is 0 Å². The smallest absolute Gasteiger partial charge is 0.328 e. The molecular formula is C33H37N3O8. The van der Waals surface area contributed by atoms with Gasteiger partial charge in [0.2, 0.25) is 23.0 Å². The largest absolute Gasteiger partial charge is 0.493 e. The molecule has 2 amide bonds. The third-order valence-electron chi connectivity index (χ3n) is 7.46. The lowest BCUT2D eigenvalue weighted by atomic mass is 9.95. The van der Waals surface area contributed by atoms with Crippen LogP contribution in [0.2, 0.25) is 0 Å². The summed E-state index contributed by atoms with van der Waals surface area (Å²) in [7, 11) is 5.85. The molecule has 0 bridgehead atoms. The predicted octanol–water partition coefficient (Wildman–Crippen LogP) is 3.18. The molecule has 0 fully saturated rings. The first kappa shape index (κ1) is 31.9. The van der Waals surface area contributed by atoms with Crippen molar-refractivity contribution in [3.63, 3.8) is 0 Å². The van der Waals surface area contributed by atoms with Gasteiger partial charge >= 0.3 is 5.97 Å². The van der Waals surface area contributed by atoms with Gasteiger partial charge in [0.05, 0.1) is 46.7 Å². The van der Waals surface area contributed by atoms with Gasteiger partial charge in [0.25, 0.3) is 0 Å². The first-order chi connectivity index (χ1) is 21.2. The third-order valence-corrected chi connectivity index (χ3v) is 7.46. The van der Waals surface area contributed by atoms with Crippen molar-refractivity contribution in [1.29, 1.82) is 0 Å². The molecule has 44 heavy (non-hydrogen) atoms. The van der Waals surface area contributed by atoms with Gasteiger partial charge in [0, 0.05) is 18.9 Å². The van der Waals surface area contributed by atoms with E-state index in [9.17, 15) is 19.2 Å². The van der Waals surface area contributed by atoms with Crippen LogP contribution in [0, 0.1) is 0 Å². The van der Waals surface area contributed by atoms with Crippen LogP contribution in [0.4, 0.5) is 5.69 Å². The highest BCUT2D eigenvalue weighted by molar-refractivity contribution is 5.87. The summed E-state index contributed by atoms with van der Waals surface area (Å²) in [4.78, 5) is 51.0. The van der Waals surface area contributed by atoms with Gasteiger partial charge in [-0.2, -0.15) is 0 Å². The van der Waals surface area contributed by atoms with Crippen LogP contribution < -0.4 is 35.6 Å². The number of nitrogens with one attached hydrogen (secondary N) is 3. The predicted molar refractivity (Wildman–Crippen MR) is 165 cm³/mol. The van der Waals surface area contributed by atoms with Gasteiger partial charge in [-0.1, -0.05) is 36.4 Å². The lowest BCUT2D eigenvalue weighted by Crippen LogP contribution is -2.45. The van der Waals surface area contributed by atoms with E-state index in [0.29, 0.717) is 46.8 Å². The number of ether oxygens (including phenoxy) is 4. The number of hydrogen-bond acceptors (Lipinski definition) is 9. The zero-order chi connectivity index (χ0) is 31.8. The fourth-order valence-corrected chi connectivity index (χ4v) is 5.46. The van der Waals surface area contributed by atoms with Gasteiger partial charge in [0.1, 0.15) is 6.04 Å². The minimum Gasteiger partial charge on any atom is -0.493 e. The van der Waals surface area contributed by atoms with Crippen LogP contribution in [-0.4, -0.2) is 58.8 Å². The number of carbonyl (C=O) groups is 3. The minimum atomic E-state index is -0.902. The molecular weight excluding hydrogens is 566 g/mol. The number of anilines is 1. The van der Waals surface area contributed by atoms with Crippen LogP contribution in [0.5, 0.6) is 17.2 Å². The maximum absolute atomic E-state index is 13.5. The number of fused-ring (bicyclic) bond motifs is 3. The molecule has 0 saturated carbocycles. The summed E-state index contributed by atoms with van der Waals surface area (Å²) in [5.74, 6) is 0.0228. The van der Waals surface area contributed by atoms with E-state index >= 15 is 0 Å². The molecule has 0 saturated heterocycles. The number of esters is 1. The Balaban J connectivity index is 1.69. The summed E-state index contributed by atoms with van der Waals surface area (Å²) in [5.41, 5.74) is 3.51. The van der Waals surface area contributed by atoms with E-state index in [1.807, 2.05) is 36.4 Å². The number of aryl methyl sites for hydroxylation is 1. The Morgan fingerprint density at radius 1 is 0.932 bits per heavy atom. The molecule has 0 aromatic heterocycles. The van der Waals surface area contributed by atoms with Crippen molar-refractivity contribution in [2.45, 2.75) is 38.3 Å². The van der Waals surface area contributed by atoms with Crippen molar-refractivity contribution in [3.05, 3.63) is 81.5 Å². The minimum absolute atomic E-state index is 0.161. The molecule has 3 aromatic carbocycles. The summed E-state index contributed by atoms with van der Waals surface area (Å²) in [6.07, 6.45) is 1.33. The lowest BCUT2D eigenvalue weighted by Gasteiger charge is -2.19. The molecule has 0 radical (unpaired) electrons. The Kier molecular flexibility index (Phi) is 10.4. The van der Waals surface area contributed by atoms with Gasteiger partial charge in [-0.3, -0.25) is 14.4 Å². The summed E-state index contributed by atoms with van der Waals surface area (Å²) < 4.78 is 21.9. The molecule has 0 aliphatic heterocycles.